The van der Waals surface area contributed by atoms with Crippen molar-refractivity contribution in [1.29, 1.82) is 0 Å². The molecule has 0 unspecified atom stereocenters. The number of hydrogen-bond donors (Lipinski definition) is 2. The van der Waals surface area contributed by atoms with E-state index < -0.39 is 10.1 Å². The summed E-state index contributed by atoms with van der Waals surface area (Å²) in [6, 6.07) is 14.4. The summed E-state index contributed by atoms with van der Waals surface area (Å²) in [6.07, 6.45) is 0. The number of rotatable bonds is 3. The van der Waals surface area contributed by atoms with Crippen molar-refractivity contribution in [3.63, 3.8) is 0 Å². The predicted octanol–water partition coefficient (Wildman–Crippen LogP) is 2.96. The molecular weight excluding hydrogens is 302 g/mol. The Bertz CT molecular complexity index is 768. The van der Waals surface area contributed by atoms with Crippen molar-refractivity contribution in [3.8, 4) is 0 Å². The highest BCUT2D eigenvalue weighted by molar-refractivity contribution is 7.85. The lowest BCUT2D eigenvalue weighted by molar-refractivity contribution is 0.103. The van der Waals surface area contributed by atoms with Gasteiger partial charge in [-0.2, -0.15) is 8.42 Å². The van der Waals surface area contributed by atoms with Crippen LogP contribution in [0.15, 0.2) is 71.6 Å². The van der Waals surface area contributed by atoms with Gasteiger partial charge >= 0.3 is 0 Å². The molecule has 5 nitrogen and oxygen atoms in total. The first-order valence-electron chi connectivity index (χ1n) is 6.30. The number of hydrogen-bond acceptors (Lipinski definition) is 4. The molecule has 116 valence electrons. The molecule has 0 radical (unpaired) electrons. The summed E-state index contributed by atoms with van der Waals surface area (Å²) in [5.41, 5.74) is 7.14. The summed E-state index contributed by atoms with van der Waals surface area (Å²) < 4.78 is 29.2. The number of nitrogens with two attached hydrogens (primary N) is 1. The van der Waals surface area contributed by atoms with Crippen LogP contribution in [0.3, 0.4) is 0 Å². The number of para-hydroxylation sites is 1. The summed E-state index contributed by atoms with van der Waals surface area (Å²) in [7, 11) is -4.00. The van der Waals surface area contributed by atoms with E-state index in [0.717, 1.165) is 0 Å². The number of benzene rings is 2. The Labute approximate surface area is 129 Å². The fraction of sp³-hybridized carbons (Fsp3) is 0.0625. The monoisotopic (exact) mass is 319 g/mol. The van der Waals surface area contributed by atoms with Gasteiger partial charge in [0.15, 0.2) is 5.78 Å². The molecule has 0 atom stereocenters. The molecule has 0 amide bonds. The average Bonchev–Trinajstić information content (AvgIpc) is 2.48. The molecule has 0 aromatic heterocycles. The molecule has 0 aliphatic carbocycles. The normalized spacial score (nSPS) is 10.3. The van der Waals surface area contributed by atoms with Crippen molar-refractivity contribution in [1.82, 2.24) is 0 Å². The van der Waals surface area contributed by atoms with Crippen molar-refractivity contribution in [3.05, 3.63) is 72.3 Å². The Morgan fingerprint density at radius 1 is 1.05 bits per heavy atom. The lowest BCUT2D eigenvalue weighted by atomic mass is 10.0. The van der Waals surface area contributed by atoms with Crippen LogP contribution in [-0.2, 0) is 10.1 Å². The molecule has 0 saturated carbocycles. The highest BCUT2D eigenvalue weighted by Crippen LogP contribution is 2.14. The fourth-order valence-electron chi connectivity index (χ4n) is 1.53. The van der Waals surface area contributed by atoms with Gasteiger partial charge in [-0.1, -0.05) is 36.9 Å². The largest absolute Gasteiger partial charge is 0.398 e. The van der Waals surface area contributed by atoms with Gasteiger partial charge in [-0.3, -0.25) is 9.35 Å². The molecule has 0 heterocycles. The van der Waals surface area contributed by atoms with Crippen molar-refractivity contribution >= 4 is 21.6 Å². The minimum atomic E-state index is -4.00. The Morgan fingerprint density at radius 3 is 1.95 bits per heavy atom. The number of ketones is 1. The predicted molar refractivity (Wildman–Crippen MR) is 86.3 cm³/mol. The molecule has 0 bridgehead atoms. The van der Waals surface area contributed by atoms with Crippen LogP contribution in [0.4, 0.5) is 5.69 Å². The zero-order valence-electron chi connectivity index (χ0n) is 12.1. The van der Waals surface area contributed by atoms with E-state index in [0.29, 0.717) is 16.8 Å². The van der Waals surface area contributed by atoms with Gasteiger partial charge in [0.2, 0.25) is 0 Å². The van der Waals surface area contributed by atoms with Crippen LogP contribution in [0.25, 0.3) is 0 Å². The summed E-state index contributed by atoms with van der Waals surface area (Å²) in [5.74, 6) is -0.0897. The van der Waals surface area contributed by atoms with E-state index in [9.17, 15) is 13.2 Å². The van der Waals surface area contributed by atoms with E-state index in [4.69, 9.17) is 10.3 Å². The van der Waals surface area contributed by atoms with Crippen molar-refractivity contribution in [2.45, 2.75) is 11.8 Å². The SMILES string of the molecule is C=C(C)C(=O)c1ccccc1N.O=S(=O)(O)c1ccccc1. The second-order valence-corrected chi connectivity index (χ2v) is 5.91. The Kier molecular flexibility index (Phi) is 6.03. The van der Waals surface area contributed by atoms with Crippen molar-refractivity contribution in [2.24, 2.45) is 0 Å². The van der Waals surface area contributed by atoms with Gasteiger partial charge in [0.25, 0.3) is 10.1 Å². The molecule has 6 heteroatoms. The number of carbonyl (C=O) groups excluding carboxylic acids is 1. The molecule has 3 N–H and O–H groups in total. The highest BCUT2D eigenvalue weighted by Gasteiger charge is 2.08. The van der Waals surface area contributed by atoms with Crippen molar-refractivity contribution in [2.75, 3.05) is 5.73 Å². The summed E-state index contributed by atoms with van der Waals surface area (Å²) in [5, 5.41) is 0. The molecule has 0 aliphatic heterocycles. The van der Waals surface area contributed by atoms with Crippen LogP contribution < -0.4 is 5.73 Å². The van der Waals surface area contributed by atoms with E-state index >= 15 is 0 Å². The van der Waals surface area contributed by atoms with E-state index in [1.54, 1.807) is 49.4 Å². The lowest BCUT2D eigenvalue weighted by Gasteiger charge is -2.02. The summed E-state index contributed by atoms with van der Waals surface area (Å²) >= 11 is 0. The second kappa shape index (κ2) is 7.53. The van der Waals surface area contributed by atoms with Crippen LogP contribution in [-0.4, -0.2) is 18.8 Å². The molecule has 2 rings (SSSR count). The Hall–Kier alpha value is -2.44. The molecule has 22 heavy (non-hydrogen) atoms. The first kappa shape index (κ1) is 17.6. The fourth-order valence-corrected chi connectivity index (χ4v) is 2.03. The topological polar surface area (TPSA) is 97.5 Å². The Morgan fingerprint density at radius 2 is 1.55 bits per heavy atom. The molecular formula is C16H17NO4S. The van der Waals surface area contributed by atoms with Gasteiger partial charge in [-0.05, 0) is 36.8 Å². The molecule has 0 aliphatic rings. The first-order chi connectivity index (χ1) is 10.2. The molecule has 2 aromatic rings. The maximum absolute atomic E-state index is 11.4. The Balaban J connectivity index is 0.000000224. The third kappa shape index (κ3) is 5.16. The number of nitrogen functional groups attached to an aromatic ring is 1. The standard InChI is InChI=1S/C10H11NO.C6H6O3S/c1-7(2)10(12)8-5-3-4-6-9(8)11;7-10(8,9)6-4-2-1-3-5-6/h3-6H,1,11H2,2H3;1-5H,(H,7,8,9). The average molecular weight is 319 g/mol. The van der Waals surface area contributed by atoms with Gasteiger partial charge in [-0.15, -0.1) is 0 Å². The van der Waals surface area contributed by atoms with Gasteiger partial charge in [-0.25, -0.2) is 0 Å². The van der Waals surface area contributed by atoms with Crippen LogP contribution in [0.5, 0.6) is 0 Å². The van der Waals surface area contributed by atoms with Gasteiger partial charge < -0.3 is 5.73 Å². The van der Waals surface area contributed by atoms with E-state index in [1.807, 2.05) is 0 Å². The lowest BCUT2D eigenvalue weighted by Crippen LogP contribution is -2.03. The quantitative estimate of drug-likeness (QED) is 0.392. The highest BCUT2D eigenvalue weighted by atomic mass is 32.2. The number of allylic oxidation sites excluding steroid dienone is 1. The molecule has 2 aromatic carbocycles. The van der Waals surface area contributed by atoms with Crippen LogP contribution in [0, 0.1) is 0 Å². The molecule has 0 fully saturated rings. The molecule has 0 spiro atoms. The van der Waals surface area contributed by atoms with Crippen LogP contribution in [0.2, 0.25) is 0 Å². The zero-order chi connectivity index (χ0) is 16.8. The number of carbonyl (C=O) groups is 1. The maximum Gasteiger partial charge on any atom is 0.294 e. The summed E-state index contributed by atoms with van der Waals surface area (Å²) in [6.45, 7) is 5.24. The minimum absolute atomic E-state index is 0.0741. The van der Waals surface area contributed by atoms with Crippen LogP contribution >= 0.6 is 0 Å². The second-order valence-electron chi connectivity index (χ2n) is 4.48. The van der Waals surface area contributed by atoms with E-state index in [2.05, 4.69) is 6.58 Å². The van der Waals surface area contributed by atoms with Gasteiger partial charge in [0, 0.05) is 11.3 Å². The third-order valence-electron chi connectivity index (χ3n) is 2.63. The van der Waals surface area contributed by atoms with E-state index in [1.165, 1.54) is 12.1 Å². The maximum atomic E-state index is 11.4. The van der Waals surface area contributed by atoms with Crippen molar-refractivity contribution < 1.29 is 17.8 Å². The molecule has 0 saturated heterocycles. The zero-order valence-corrected chi connectivity index (χ0v) is 12.9. The number of Topliss-reactive ketones (excluding diaryl/α,β-unsaturated/α-hetero) is 1. The number of anilines is 1. The summed E-state index contributed by atoms with van der Waals surface area (Å²) in [4.78, 5) is 11.3. The van der Waals surface area contributed by atoms with E-state index in [-0.39, 0.29) is 10.7 Å². The first-order valence-corrected chi connectivity index (χ1v) is 7.74. The van der Waals surface area contributed by atoms with Crippen LogP contribution in [0.1, 0.15) is 17.3 Å². The van der Waals surface area contributed by atoms with Gasteiger partial charge in [0.05, 0.1) is 4.90 Å². The smallest absolute Gasteiger partial charge is 0.294 e. The minimum Gasteiger partial charge on any atom is -0.398 e. The van der Waals surface area contributed by atoms with Gasteiger partial charge in [0.1, 0.15) is 0 Å². The third-order valence-corrected chi connectivity index (χ3v) is 3.50.